The molecule has 0 bridgehead atoms. The topological polar surface area (TPSA) is 149 Å². The molecule has 5 aliphatic rings. The van der Waals surface area contributed by atoms with Gasteiger partial charge in [-0.2, -0.15) is 0 Å². The molecule has 3 aliphatic carbocycles. The Morgan fingerprint density at radius 3 is 1.85 bits per heavy atom. The van der Waals surface area contributed by atoms with Crippen LogP contribution in [0.4, 0.5) is 0 Å². The van der Waals surface area contributed by atoms with Crippen LogP contribution < -0.4 is 0 Å². The molecule has 66 heavy (non-hydrogen) atoms. The fourth-order valence-electron chi connectivity index (χ4n) is 14.4. The van der Waals surface area contributed by atoms with E-state index in [0.29, 0.717) is 25.7 Å². The van der Waals surface area contributed by atoms with Crippen molar-refractivity contribution in [2.45, 2.75) is 292 Å². The molecule has 5 rings (SSSR count). The number of carbonyl (C=O) groups excluding carboxylic acids is 2. The number of ether oxygens (including phenoxy) is 3. The molecule has 4 N–H and O–H groups in total. The molecule has 3 saturated carbocycles. The summed E-state index contributed by atoms with van der Waals surface area (Å²) in [6.07, 6.45) is 25.9. The van der Waals surface area contributed by atoms with Crippen molar-refractivity contribution < 1.29 is 44.2 Å². The Labute approximate surface area is 402 Å². The van der Waals surface area contributed by atoms with Crippen LogP contribution in [0.1, 0.15) is 215 Å². The zero-order valence-corrected chi connectivity index (χ0v) is 44.5. The molecule has 11 nitrogen and oxygen atoms in total. The predicted molar refractivity (Wildman–Crippen MR) is 270 cm³/mol. The number of aliphatic hydroxyl groups excluding tert-OH is 2. The first-order valence-electron chi connectivity index (χ1n) is 27.6. The van der Waals surface area contributed by atoms with Gasteiger partial charge in [0.2, 0.25) is 0 Å². The molecule has 12 atom stereocenters. The Balaban J connectivity index is 1.27. The van der Waals surface area contributed by atoms with Gasteiger partial charge in [0.15, 0.2) is 6.29 Å². The van der Waals surface area contributed by atoms with Gasteiger partial charge in [0.1, 0.15) is 12.2 Å². The van der Waals surface area contributed by atoms with Crippen molar-refractivity contribution >= 4 is 19.1 Å². The normalized spacial score (nSPS) is 37.5. The van der Waals surface area contributed by atoms with Gasteiger partial charge in [0.25, 0.3) is 0 Å². The number of hydrogen-bond donors (Lipinski definition) is 4. The summed E-state index contributed by atoms with van der Waals surface area (Å²) in [7, 11) is 2.35. The number of hydrogen-bond acceptors (Lipinski definition) is 10. The second kappa shape index (κ2) is 26.0. The molecule has 0 spiro atoms. The van der Waals surface area contributed by atoms with Gasteiger partial charge in [0.05, 0.1) is 23.7 Å². The van der Waals surface area contributed by atoms with Gasteiger partial charge in [0, 0.05) is 6.04 Å². The van der Waals surface area contributed by atoms with Crippen molar-refractivity contribution in [3.05, 3.63) is 0 Å². The van der Waals surface area contributed by atoms with E-state index in [0.717, 1.165) is 36.2 Å². The average molecular weight is 953 g/mol. The Kier molecular flexibility index (Phi) is 22.0. The van der Waals surface area contributed by atoms with Crippen LogP contribution in [0.5, 0.6) is 0 Å². The second-order valence-electron chi connectivity index (χ2n) is 23.4. The fraction of sp³-hybridized carbons (Fsp3) is 0.963. The fourth-order valence-corrected chi connectivity index (χ4v) is 22.9. The molecule has 2 aliphatic heterocycles. The summed E-state index contributed by atoms with van der Waals surface area (Å²) < 4.78 is 18.8. The molecule has 5 fully saturated rings. The number of aliphatic hydroxyl groups is 4. The number of rotatable bonds is 15. The molecule has 1 amide bonds. The van der Waals surface area contributed by atoms with Crippen LogP contribution in [-0.2, 0) is 23.8 Å². The Morgan fingerprint density at radius 1 is 0.788 bits per heavy atom. The summed E-state index contributed by atoms with van der Waals surface area (Å²) in [5.74, 6) is -1.59. The number of unbranched alkanes of at least 4 members (excludes halogenated alkanes) is 4. The third-order valence-electron chi connectivity index (χ3n) is 18.1. The monoisotopic (exact) mass is 953 g/mol. The van der Waals surface area contributed by atoms with E-state index in [4.69, 9.17) is 14.2 Å². The van der Waals surface area contributed by atoms with Crippen LogP contribution in [0.15, 0.2) is 0 Å². The van der Waals surface area contributed by atoms with Crippen LogP contribution in [0.25, 0.3) is 0 Å². The molecular formula is C54H101N2O9P. The SMILES string of the molecule is CC[C@H]1OC(=O)[C@H](C)C[C@H](C)[C@@H](O[C@@H]2O[C@H](C)C[C@H](N(C)C)[C@H]2O)[C@](C)(O)CCCN(C(=O)CCCCCCC[PH](C2CCCCC2)(C2CCCCC2)C2CCCCC2)[C@H](C)[C@@H](O)[C@]1(C)O. The van der Waals surface area contributed by atoms with Crippen molar-refractivity contribution in [3.63, 3.8) is 0 Å². The summed E-state index contributed by atoms with van der Waals surface area (Å²) in [4.78, 5) is 31.7. The van der Waals surface area contributed by atoms with E-state index in [1.807, 2.05) is 39.8 Å². The van der Waals surface area contributed by atoms with Gasteiger partial charge >= 0.3 is 236 Å². The quantitative estimate of drug-likeness (QED) is 0.0711. The van der Waals surface area contributed by atoms with E-state index in [1.54, 1.807) is 25.7 Å². The summed E-state index contributed by atoms with van der Waals surface area (Å²) >= 11 is 0. The van der Waals surface area contributed by atoms with Crippen LogP contribution in [-0.4, -0.2) is 146 Å². The maximum absolute atomic E-state index is 14.4. The van der Waals surface area contributed by atoms with E-state index < -0.39 is 67.1 Å². The third-order valence-corrected chi connectivity index (χ3v) is 25.7. The minimum absolute atomic E-state index is 0.0816. The molecule has 0 aromatic heterocycles. The Morgan fingerprint density at radius 2 is 1.32 bits per heavy atom. The van der Waals surface area contributed by atoms with E-state index in [9.17, 15) is 30.0 Å². The number of nitrogens with zero attached hydrogens (tertiary/aromatic N) is 2. The molecule has 2 saturated heterocycles. The van der Waals surface area contributed by atoms with Crippen LogP contribution in [0.2, 0.25) is 0 Å². The molecule has 0 aromatic carbocycles. The van der Waals surface area contributed by atoms with Crippen molar-refractivity contribution in [1.82, 2.24) is 9.80 Å². The van der Waals surface area contributed by atoms with E-state index >= 15 is 0 Å². The van der Waals surface area contributed by atoms with E-state index in [1.165, 1.54) is 122 Å². The zero-order valence-electron chi connectivity index (χ0n) is 43.5. The van der Waals surface area contributed by atoms with Crippen LogP contribution in [0.3, 0.4) is 0 Å². The van der Waals surface area contributed by atoms with Gasteiger partial charge in [-0.15, -0.1) is 0 Å². The molecule has 0 aromatic rings. The number of amides is 1. The second-order valence-corrected chi connectivity index (χ2v) is 28.6. The van der Waals surface area contributed by atoms with Crippen molar-refractivity contribution in [2.75, 3.05) is 26.8 Å². The van der Waals surface area contributed by atoms with E-state index in [-0.39, 0.29) is 43.4 Å². The van der Waals surface area contributed by atoms with Crippen molar-refractivity contribution in [3.8, 4) is 0 Å². The minimum atomic E-state index is -1.83. The molecule has 2 heterocycles. The summed E-state index contributed by atoms with van der Waals surface area (Å²) in [6, 6.07) is -0.988. The van der Waals surface area contributed by atoms with Crippen molar-refractivity contribution in [1.29, 1.82) is 0 Å². The average Bonchev–Trinajstić information content (AvgIpc) is 3.30. The minimum Gasteiger partial charge on any atom is -0.383 e. The van der Waals surface area contributed by atoms with Crippen LogP contribution in [0, 0.1) is 11.8 Å². The standard InChI is InChI=1S/C54H101N2O9P/c1-10-46-54(7,62)49(59)41(5)56(34-25-33-53(6,61)50(38(2)36-39(3)51(60)64-46)65-52-48(58)45(55(8)9)37-40(4)63-52)47(57)32-23-12-11-13-24-35-66(42-26-17-14-18-27-42,43-28-19-15-20-29-43)44-30-21-16-22-31-44/h38-46,48-50,52,58-59,61-62,66H,10-37H2,1-9H3/t38-,39+,40+,41+,45-,46+,48+,49+,50+,52-,53+,54+/m0/s1. The van der Waals surface area contributed by atoms with Gasteiger partial charge in [-0.1, -0.05) is 20.8 Å². The first-order valence-corrected chi connectivity index (χ1v) is 30.1. The van der Waals surface area contributed by atoms with Gasteiger partial charge in [-0.3, -0.25) is 4.79 Å². The zero-order chi connectivity index (χ0) is 48.2. The number of cyclic esters (lactones) is 1. The first-order chi connectivity index (χ1) is 31.3. The maximum atomic E-state index is 14.4. The number of likely N-dealkylation sites (N-methyl/N-ethyl adjacent to an activating group) is 1. The third kappa shape index (κ3) is 14.2. The molecule has 0 radical (unpaired) electrons. The summed E-state index contributed by atoms with van der Waals surface area (Å²) in [5.41, 5.74) is -0.138. The van der Waals surface area contributed by atoms with Crippen LogP contribution >= 0.6 is 7.26 Å². The number of esters is 1. The predicted octanol–water partition coefficient (Wildman–Crippen LogP) is 9.74. The van der Waals surface area contributed by atoms with E-state index in [2.05, 4.69) is 0 Å². The Hall–Kier alpha value is -0.910. The first kappa shape index (κ1) is 56.0. The van der Waals surface area contributed by atoms with Gasteiger partial charge in [-0.05, 0) is 60.0 Å². The molecule has 12 heteroatoms. The summed E-state index contributed by atoms with van der Waals surface area (Å²) in [5, 5.41) is 47.6. The summed E-state index contributed by atoms with van der Waals surface area (Å²) in [6.45, 7) is 12.7. The smallest absolute Gasteiger partial charge is 0.383 e. The number of carbonyl (C=O) groups is 2. The molecule has 386 valence electrons. The Bertz CT molecular complexity index is 1400. The van der Waals surface area contributed by atoms with Gasteiger partial charge < -0.3 is 34.4 Å². The molecular weight excluding hydrogens is 852 g/mol. The van der Waals surface area contributed by atoms with Crippen molar-refractivity contribution in [2.24, 2.45) is 11.8 Å². The molecule has 0 unspecified atom stereocenters. The van der Waals surface area contributed by atoms with Gasteiger partial charge in [-0.25, -0.2) is 0 Å².